The molecule has 0 spiro atoms. The number of aryl methyl sites for hydroxylation is 2. The van der Waals surface area contributed by atoms with Gasteiger partial charge in [0.1, 0.15) is 5.69 Å². The largest absolute Gasteiger partial charge is 0.379 e. The third-order valence-corrected chi connectivity index (χ3v) is 7.86. The molecule has 7 nitrogen and oxygen atoms in total. The molecule has 0 saturated carbocycles. The number of carbonyl (C=O) groups excluding carboxylic acids is 1. The van der Waals surface area contributed by atoms with Gasteiger partial charge < -0.3 is 4.74 Å². The Morgan fingerprint density at radius 1 is 1.11 bits per heavy atom. The molecule has 194 valence electrons. The van der Waals surface area contributed by atoms with Crippen LogP contribution in [-0.4, -0.2) is 62.8 Å². The van der Waals surface area contributed by atoms with Crippen molar-refractivity contribution in [1.82, 2.24) is 24.6 Å². The number of rotatable bonds is 7. The number of ketones is 1. The second-order valence-electron chi connectivity index (χ2n) is 9.98. The van der Waals surface area contributed by atoms with Crippen LogP contribution in [0.2, 0.25) is 5.15 Å². The molecule has 0 radical (unpaired) electrons. The van der Waals surface area contributed by atoms with Crippen LogP contribution in [0.25, 0.3) is 11.3 Å². The summed E-state index contributed by atoms with van der Waals surface area (Å²) in [6, 6.07) is 4.67. The molecule has 0 bridgehead atoms. The first-order valence-corrected chi connectivity index (χ1v) is 13.5. The third kappa shape index (κ3) is 5.54. The number of Topliss-reactive ketones (excluding diaryl/α,β-unsaturated/α-hetero) is 1. The van der Waals surface area contributed by atoms with Crippen molar-refractivity contribution in [3.8, 4) is 5.69 Å². The summed E-state index contributed by atoms with van der Waals surface area (Å²) >= 11 is 6.34. The van der Waals surface area contributed by atoms with Gasteiger partial charge in [-0.15, -0.1) is 0 Å². The first-order valence-electron chi connectivity index (χ1n) is 13.1. The number of hydrogen-bond donors (Lipinski definition) is 0. The Balaban J connectivity index is 1.28. The fourth-order valence-electron chi connectivity index (χ4n) is 5.40. The molecular weight excluding hydrogens is 486 g/mol. The standard InChI is InChI=1S/C29H34ClN5O2/c1-4-21-14-26(29(30)32-16-21)35-20(3)25(18-33-35)27(36)15-22-13-19(2)28(31-17-22)23-5-7-24(8-6-23)34-9-11-37-12-10-34/h5,13-14,16-18,24H,4,6-12,15H2,1-3H3. The van der Waals surface area contributed by atoms with E-state index in [0.717, 1.165) is 80.1 Å². The first kappa shape index (κ1) is 25.8. The summed E-state index contributed by atoms with van der Waals surface area (Å²) < 4.78 is 7.20. The van der Waals surface area contributed by atoms with E-state index in [9.17, 15) is 4.79 Å². The zero-order valence-electron chi connectivity index (χ0n) is 21.8. The molecule has 1 atom stereocenters. The predicted molar refractivity (Wildman–Crippen MR) is 146 cm³/mol. The zero-order chi connectivity index (χ0) is 25.9. The van der Waals surface area contributed by atoms with Gasteiger partial charge in [-0.05, 0) is 67.9 Å². The lowest BCUT2D eigenvalue weighted by Gasteiger charge is -2.36. The molecule has 2 aliphatic rings. The molecule has 0 aromatic carbocycles. The molecule has 1 saturated heterocycles. The van der Waals surface area contributed by atoms with Gasteiger partial charge in [0.05, 0.1) is 36.4 Å². The Morgan fingerprint density at radius 3 is 2.59 bits per heavy atom. The number of aromatic nitrogens is 4. The van der Waals surface area contributed by atoms with Gasteiger partial charge >= 0.3 is 0 Å². The Morgan fingerprint density at radius 2 is 1.89 bits per heavy atom. The number of morpholine rings is 1. The minimum atomic E-state index is 0.0127. The summed E-state index contributed by atoms with van der Waals surface area (Å²) in [6.45, 7) is 9.78. The van der Waals surface area contributed by atoms with E-state index in [1.54, 1.807) is 17.1 Å². The van der Waals surface area contributed by atoms with Gasteiger partial charge in [-0.2, -0.15) is 5.10 Å². The number of allylic oxidation sites excluding steroid dienone is 1. The van der Waals surface area contributed by atoms with E-state index in [4.69, 9.17) is 21.3 Å². The van der Waals surface area contributed by atoms with Crippen molar-refractivity contribution in [2.45, 2.75) is 58.9 Å². The number of nitrogens with zero attached hydrogens (tertiary/aromatic N) is 5. The first-order chi connectivity index (χ1) is 17.9. The summed E-state index contributed by atoms with van der Waals surface area (Å²) in [6.07, 6.45) is 12.0. The van der Waals surface area contributed by atoms with Crippen molar-refractivity contribution in [1.29, 1.82) is 0 Å². The van der Waals surface area contributed by atoms with Crippen molar-refractivity contribution < 1.29 is 9.53 Å². The molecule has 0 amide bonds. The quantitative estimate of drug-likeness (QED) is 0.316. The molecule has 1 aliphatic carbocycles. The highest BCUT2D eigenvalue weighted by molar-refractivity contribution is 6.31. The lowest BCUT2D eigenvalue weighted by atomic mass is 9.90. The van der Waals surface area contributed by atoms with E-state index in [1.807, 2.05) is 19.2 Å². The highest BCUT2D eigenvalue weighted by atomic mass is 35.5. The van der Waals surface area contributed by atoms with Crippen LogP contribution >= 0.6 is 11.6 Å². The summed E-state index contributed by atoms with van der Waals surface area (Å²) in [5, 5.41) is 4.82. The lowest BCUT2D eigenvalue weighted by Crippen LogP contribution is -2.43. The van der Waals surface area contributed by atoms with Crippen LogP contribution in [0.1, 0.15) is 64.6 Å². The summed E-state index contributed by atoms with van der Waals surface area (Å²) in [4.78, 5) is 24.8. The minimum Gasteiger partial charge on any atom is -0.379 e. The molecule has 3 aromatic heterocycles. The van der Waals surface area contributed by atoms with Gasteiger partial charge in [0.2, 0.25) is 0 Å². The van der Waals surface area contributed by atoms with Crippen molar-refractivity contribution in [2.24, 2.45) is 0 Å². The van der Waals surface area contributed by atoms with Gasteiger partial charge in [-0.25, -0.2) is 9.67 Å². The van der Waals surface area contributed by atoms with Crippen molar-refractivity contribution in [3.63, 3.8) is 0 Å². The maximum Gasteiger partial charge on any atom is 0.170 e. The predicted octanol–water partition coefficient (Wildman–Crippen LogP) is 5.19. The summed E-state index contributed by atoms with van der Waals surface area (Å²) in [5.74, 6) is 0.0127. The molecule has 3 aromatic rings. The van der Waals surface area contributed by atoms with Crippen LogP contribution < -0.4 is 0 Å². The van der Waals surface area contributed by atoms with Crippen LogP contribution in [0, 0.1) is 13.8 Å². The van der Waals surface area contributed by atoms with Crippen molar-refractivity contribution in [2.75, 3.05) is 26.3 Å². The number of carbonyl (C=O) groups is 1. The van der Waals surface area contributed by atoms with E-state index < -0.39 is 0 Å². The van der Waals surface area contributed by atoms with Gasteiger partial charge in [-0.1, -0.05) is 30.7 Å². The number of hydrogen-bond acceptors (Lipinski definition) is 6. The number of ether oxygens (including phenoxy) is 1. The Kier molecular flexibility index (Phi) is 7.84. The smallest absolute Gasteiger partial charge is 0.170 e. The molecule has 8 heteroatoms. The van der Waals surface area contributed by atoms with Gasteiger partial charge in [0.25, 0.3) is 0 Å². The Bertz CT molecular complexity index is 1330. The van der Waals surface area contributed by atoms with Crippen LogP contribution in [0.3, 0.4) is 0 Å². The SMILES string of the molecule is CCc1cnc(Cl)c(-n2ncc(C(=O)Cc3cnc(C4=CCC(N5CCOCC5)CC4)c(C)c3)c2C)c1. The highest BCUT2D eigenvalue weighted by Crippen LogP contribution is 2.31. The van der Waals surface area contributed by atoms with E-state index >= 15 is 0 Å². The van der Waals surface area contributed by atoms with E-state index in [2.05, 4.69) is 41.0 Å². The third-order valence-electron chi connectivity index (χ3n) is 7.57. The summed E-state index contributed by atoms with van der Waals surface area (Å²) in [7, 11) is 0. The minimum absolute atomic E-state index is 0.0127. The molecule has 37 heavy (non-hydrogen) atoms. The van der Waals surface area contributed by atoms with E-state index in [0.29, 0.717) is 22.4 Å². The molecular formula is C29H34ClN5O2. The van der Waals surface area contributed by atoms with Gasteiger partial charge in [0, 0.05) is 37.9 Å². The van der Waals surface area contributed by atoms with Crippen LogP contribution in [0.5, 0.6) is 0 Å². The average molecular weight is 520 g/mol. The normalized spacial score (nSPS) is 18.6. The van der Waals surface area contributed by atoms with Crippen molar-refractivity contribution >= 4 is 23.0 Å². The van der Waals surface area contributed by atoms with Gasteiger partial charge in [-0.3, -0.25) is 14.7 Å². The summed E-state index contributed by atoms with van der Waals surface area (Å²) in [5.41, 5.74) is 7.49. The molecule has 1 aliphatic heterocycles. The second-order valence-corrected chi connectivity index (χ2v) is 10.3. The number of halogens is 1. The van der Waals surface area contributed by atoms with Crippen LogP contribution in [0.4, 0.5) is 0 Å². The second kappa shape index (κ2) is 11.3. The van der Waals surface area contributed by atoms with Crippen molar-refractivity contribution in [3.05, 3.63) is 75.6 Å². The van der Waals surface area contributed by atoms with Crippen LogP contribution in [-0.2, 0) is 17.6 Å². The molecule has 5 rings (SSSR count). The topological polar surface area (TPSA) is 73.1 Å². The fourth-order valence-corrected chi connectivity index (χ4v) is 5.59. The zero-order valence-corrected chi connectivity index (χ0v) is 22.6. The van der Waals surface area contributed by atoms with Crippen LogP contribution in [0.15, 0.2) is 36.8 Å². The molecule has 0 N–H and O–H groups in total. The number of pyridine rings is 2. The average Bonchev–Trinajstić information content (AvgIpc) is 3.31. The fraction of sp³-hybridized carbons (Fsp3) is 0.448. The maximum atomic E-state index is 13.2. The highest BCUT2D eigenvalue weighted by Gasteiger charge is 2.24. The molecule has 4 heterocycles. The maximum absolute atomic E-state index is 13.2. The monoisotopic (exact) mass is 519 g/mol. The Labute approximate surface area is 223 Å². The molecule has 1 unspecified atom stereocenters. The van der Waals surface area contributed by atoms with Gasteiger partial charge in [0.15, 0.2) is 10.9 Å². The Hall–Kier alpha value is -2.87. The molecule has 1 fully saturated rings. The lowest BCUT2D eigenvalue weighted by molar-refractivity contribution is 0.0150. The van der Waals surface area contributed by atoms with E-state index in [-0.39, 0.29) is 12.2 Å². The van der Waals surface area contributed by atoms with E-state index in [1.165, 1.54) is 5.57 Å².